The predicted molar refractivity (Wildman–Crippen MR) is 73.3 cm³/mol. The van der Waals surface area contributed by atoms with Crippen molar-refractivity contribution in [3.8, 4) is 0 Å². The van der Waals surface area contributed by atoms with Gasteiger partial charge in [-0.25, -0.2) is 0 Å². The van der Waals surface area contributed by atoms with Gasteiger partial charge in [0.1, 0.15) is 0 Å². The molecule has 2 aliphatic rings. The van der Waals surface area contributed by atoms with Crippen LogP contribution in [-0.2, 0) is 4.74 Å². The molecule has 2 N–H and O–H groups in total. The number of nitrogens with two attached hydrogens (primary N) is 1. The molecule has 2 fully saturated rings. The maximum absolute atomic E-state index is 6.33. The van der Waals surface area contributed by atoms with E-state index in [1.165, 1.54) is 24.3 Å². The van der Waals surface area contributed by atoms with E-state index in [2.05, 4.69) is 32.3 Å². The molecule has 3 heterocycles. The van der Waals surface area contributed by atoms with Crippen molar-refractivity contribution >= 4 is 27.3 Å². The van der Waals surface area contributed by atoms with Gasteiger partial charge < -0.3 is 10.5 Å². The third-order valence-electron chi connectivity index (χ3n) is 3.76. The molecule has 0 spiro atoms. The minimum Gasteiger partial charge on any atom is -0.373 e. The number of rotatable bonds is 2. The summed E-state index contributed by atoms with van der Waals surface area (Å²) in [5.41, 5.74) is 6.33. The first kappa shape index (κ1) is 12.1. The molecule has 0 aliphatic carbocycles. The zero-order valence-electron chi connectivity index (χ0n) is 9.64. The van der Waals surface area contributed by atoms with Crippen LogP contribution in [0.3, 0.4) is 0 Å². The van der Waals surface area contributed by atoms with Crippen molar-refractivity contribution in [2.45, 2.75) is 31.0 Å². The molecule has 3 nitrogen and oxygen atoms in total. The van der Waals surface area contributed by atoms with Gasteiger partial charge in [0.25, 0.3) is 0 Å². The molecule has 0 saturated carbocycles. The van der Waals surface area contributed by atoms with Crippen molar-refractivity contribution < 1.29 is 4.74 Å². The van der Waals surface area contributed by atoms with Gasteiger partial charge in [0.05, 0.1) is 18.8 Å². The van der Waals surface area contributed by atoms with E-state index in [9.17, 15) is 0 Å². The number of morpholine rings is 1. The lowest BCUT2D eigenvalue weighted by Crippen LogP contribution is -2.49. The number of hydrogen-bond donors (Lipinski definition) is 1. The zero-order valence-corrected chi connectivity index (χ0v) is 12.0. The lowest BCUT2D eigenvalue weighted by Gasteiger charge is -2.37. The maximum atomic E-state index is 6.33. The summed E-state index contributed by atoms with van der Waals surface area (Å²) < 4.78 is 7.06. The van der Waals surface area contributed by atoms with E-state index in [1.807, 2.05) is 0 Å². The molecule has 0 amide bonds. The normalized spacial score (nSPS) is 31.4. The first-order chi connectivity index (χ1) is 8.25. The van der Waals surface area contributed by atoms with Crippen LogP contribution in [0.25, 0.3) is 0 Å². The molecule has 5 heteroatoms. The second-order valence-electron chi connectivity index (χ2n) is 4.82. The average molecular weight is 317 g/mol. The van der Waals surface area contributed by atoms with Crippen LogP contribution in [0.4, 0.5) is 0 Å². The highest BCUT2D eigenvalue weighted by Crippen LogP contribution is 2.33. The van der Waals surface area contributed by atoms with Crippen molar-refractivity contribution in [3.05, 3.63) is 20.8 Å². The van der Waals surface area contributed by atoms with Crippen LogP contribution in [0.5, 0.6) is 0 Å². The largest absolute Gasteiger partial charge is 0.373 e. The molecule has 0 radical (unpaired) electrons. The Bertz CT molecular complexity index is 398. The van der Waals surface area contributed by atoms with Crippen LogP contribution in [0.15, 0.2) is 15.9 Å². The maximum Gasteiger partial charge on any atom is 0.0903 e. The summed E-state index contributed by atoms with van der Waals surface area (Å²) in [7, 11) is 0. The second kappa shape index (κ2) is 4.97. The van der Waals surface area contributed by atoms with Crippen molar-refractivity contribution in [1.29, 1.82) is 0 Å². The Balaban J connectivity index is 1.71. The molecular weight excluding hydrogens is 300 g/mol. The van der Waals surface area contributed by atoms with Crippen LogP contribution in [0.2, 0.25) is 0 Å². The molecule has 1 aromatic heterocycles. The number of hydrogen-bond acceptors (Lipinski definition) is 4. The summed E-state index contributed by atoms with van der Waals surface area (Å²) in [4.78, 5) is 3.74. The molecule has 1 aromatic rings. The number of nitrogens with zero attached hydrogens (tertiary/aromatic N) is 1. The van der Waals surface area contributed by atoms with Gasteiger partial charge in [0, 0.05) is 21.9 Å². The quantitative estimate of drug-likeness (QED) is 0.910. The highest BCUT2D eigenvalue weighted by molar-refractivity contribution is 9.10. The Morgan fingerprint density at radius 3 is 3.24 bits per heavy atom. The van der Waals surface area contributed by atoms with Crippen molar-refractivity contribution in [1.82, 2.24) is 4.90 Å². The first-order valence-electron chi connectivity index (χ1n) is 6.10. The van der Waals surface area contributed by atoms with E-state index in [4.69, 9.17) is 10.5 Å². The molecule has 0 aromatic carbocycles. The van der Waals surface area contributed by atoms with Crippen molar-refractivity contribution in [3.63, 3.8) is 0 Å². The number of thiophene rings is 1. The molecule has 3 unspecified atom stereocenters. The Hall–Kier alpha value is 0.0600. The van der Waals surface area contributed by atoms with E-state index in [-0.39, 0.29) is 12.1 Å². The first-order valence-corrected chi connectivity index (χ1v) is 7.77. The predicted octanol–water partition coefficient (Wildman–Crippen LogP) is 2.37. The molecule has 3 rings (SSSR count). The molecule has 17 heavy (non-hydrogen) atoms. The fourth-order valence-electron chi connectivity index (χ4n) is 2.77. The number of ether oxygens (including phenoxy) is 1. The minimum absolute atomic E-state index is 0.00840. The third kappa shape index (κ3) is 2.31. The Kier molecular flexibility index (Phi) is 3.54. The van der Waals surface area contributed by atoms with Crippen molar-refractivity contribution in [2.24, 2.45) is 5.73 Å². The lowest BCUT2D eigenvalue weighted by atomic mass is 10.1. The fraction of sp³-hybridized carbons (Fsp3) is 0.667. The summed E-state index contributed by atoms with van der Waals surface area (Å²) in [6.07, 6.45) is 2.72. The van der Waals surface area contributed by atoms with Gasteiger partial charge in [0.2, 0.25) is 0 Å². The van der Waals surface area contributed by atoms with Gasteiger partial charge in [-0.05, 0) is 46.8 Å². The second-order valence-corrected chi connectivity index (χ2v) is 6.62. The molecule has 2 saturated heterocycles. The molecule has 2 aliphatic heterocycles. The van der Waals surface area contributed by atoms with Gasteiger partial charge in [0.15, 0.2) is 0 Å². The Labute approximate surface area is 114 Å². The molecule has 3 atom stereocenters. The van der Waals surface area contributed by atoms with E-state index in [0.29, 0.717) is 6.04 Å². The number of halogens is 1. The summed E-state index contributed by atoms with van der Waals surface area (Å²) in [5, 5.41) is 2.07. The smallest absolute Gasteiger partial charge is 0.0903 e. The van der Waals surface area contributed by atoms with Crippen LogP contribution in [-0.4, -0.2) is 36.7 Å². The van der Waals surface area contributed by atoms with Gasteiger partial charge in [-0.15, -0.1) is 11.3 Å². The Morgan fingerprint density at radius 1 is 1.59 bits per heavy atom. The van der Waals surface area contributed by atoms with E-state index in [0.717, 1.165) is 17.6 Å². The fourth-order valence-corrected chi connectivity index (χ4v) is 4.46. The summed E-state index contributed by atoms with van der Waals surface area (Å²) in [5.74, 6) is 0. The van der Waals surface area contributed by atoms with Gasteiger partial charge in [-0.3, -0.25) is 4.90 Å². The van der Waals surface area contributed by atoms with E-state index >= 15 is 0 Å². The number of fused-ring (bicyclic) bond motifs is 1. The Morgan fingerprint density at radius 2 is 2.47 bits per heavy atom. The zero-order chi connectivity index (χ0) is 11.8. The van der Waals surface area contributed by atoms with E-state index < -0.39 is 0 Å². The molecule has 0 bridgehead atoms. The third-order valence-corrected chi connectivity index (χ3v) is 5.74. The van der Waals surface area contributed by atoms with Gasteiger partial charge in [-0.1, -0.05) is 0 Å². The minimum atomic E-state index is -0.00840. The average Bonchev–Trinajstić information content (AvgIpc) is 2.95. The van der Waals surface area contributed by atoms with Crippen LogP contribution >= 0.6 is 27.3 Å². The van der Waals surface area contributed by atoms with E-state index in [1.54, 1.807) is 11.3 Å². The van der Waals surface area contributed by atoms with Crippen LogP contribution in [0, 0.1) is 0 Å². The lowest BCUT2D eigenvalue weighted by molar-refractivity contribution is -0.0593. The highest BCUT2D eigenvalue weighted by Gasteiger charge is 2.35. The van der Waals surface area contributed by atoms with Gasteiger partial charge >= 0.3 is 0 Å². The highest BCUT2D eigenvalue weighted by atomic mass is 79.9. The summed E-state index contributed by atoms with van der Waals surface area (Å²) in [6, 6.07) is 2.69. The van der Waals surface area contributed by atoms with Gasteiger partial charge in [-0.2, -0.15) is 0 Å². The SMILES string of the molecule is NC(c1sccc1Br)C1CN2CCCC2CO1. The topological polar surface area (TPSA) is 38.5 Å². The summed E-state index contributed by atoms with van der Waals surface area (Å²) in [6.45, 7) is 3.04. The van der Waals surface area contributed by atoms with Crippen molar-refractivity contribution in [2.75, 3.05) is 19.7 Å². The van der Waals surface area contributed by atoms with Crippen LogP contribution < -0.4 is 5.73 Å². The molecular formula is C12H17BrN2OS. The standard InChI is InChI=1S/C12H17BrN2OS/c13-9-3-5-17-12(9)11(14)10-6-15-4-1-2-8(15)7-16-10/h3,5,8,10-11H,1-2,4,6-7,14H2. The molecule has 94 valence electrons. The summed E-state index contributed by atoms with van der Waals surface area (Å²) >= 11 is 5.26. The monoisotopic (exact) mass is 316 g/mol. The van der Waals surface area contributed by atoms with Crippen LogP contribution in [0.1, 0.15) is 23.8 Å².